The van der Waals surface area contributed by atoms with E-state index in [0.29, 0.717) is 42.3 Å². The van der Waals surface area contributed by atoms with Crippen molar-refractivity contribution in [3.63, 3.8) is 0 Å². The minimum Gasteiger partial charge on any atom is -0.507 e. The summed E-state index contributed by atoms with van der Waals surface area (Å²) in [6.07, 6.45) is 0. The largest absolute Gasteiger partial charge is 0.507 e. The lowest BCUT2D eigenvalue weighted by atomic mass is 9.95. The van der Waals surface area contributed by atoms with Crippen molar-refractivity contribution >= 4 is 17.4 Å². The Morgan fingerprint density at radius 3 is 2.38 bits per heavy atom. The fourth-order valence-corrected chi connectivity index (χ4v) is 4.41. The first-order valence-electron chi connectivity index (χ1n) is 12.1. The molecule has 0 unspecified atom stereocenters. The summed E-state index contributed by atoms with van der Waals surface area (Å²) in [5, 5.41) is 11.3. The molecule has 0 saturated carbocycles. The van der Waals surface area contributed by atoms with Crippen LogP contribution in [0.2, 0.25) is 0 Å². The van der Waals surface area contributed by atoms with Crippen molar-refractivity contribution in [1.82, 2.24) is 9.80 Å². The van der Waals surface area contributed by atoms with Gasteiger partial charge in [-0.15, -0.1) is 0 Å². The fourth-order valence-electron chi connectivity index (χ4n) is 4.41. The van der Waals surface area contributed by atoms with Crippen LogP contribution in [0.5, 0.6) is 11.5 Å². The summed E-state index contributed by atoms with van der Waals surface area (Å²) in [5.74, 6) is -0.318. The summed E-state index contributed by atoms with van der Waals surface area (Å²) in [6, 6.07) is 21.4. The van der Waals surface area contributed by atoms with Crippen LogP contribution in [0.25, 0.3) is 5.76 Å². The second-order valence-corrected chi connectivity index (χ2v) is 9.37. The normalized spacial score (nSPS) is 16.9. The minimum absolute atomic E-state index is 0.0606. The van der Waals surface area contributed by atoms with E-state index in [0.717, 1.165) is 11.1 Å². The Labute approximate surface area is 217 Å². The molecule has 1 atom stereocenters. The SMILES string of the molecule is COc1cccc([C@H]2/C(=C(\O)c3ccc(OCc4cccc(C)c4)cc3)C(=O)C(=O)N2CCN(C)C)c1. The molecule has 192 valence electrons. The third-order valence-corrected chi connectivity index (χ3v) is 6.35. The van der Waals surface area contributed by atoms with Gasteiger partial charge in [-0.25, -0.2) is 0 Å². The van der Waals surface area contributed by atoms with Crippen LogP contribution >= 0.6 is 0 Å². The van der Waals surface area contributed by atoms with E-state index in [1.807, 2.05) is 50.2 Å². The molecule has 0 spiro atoms. The highest BCUT2D eigenvalue weighted by molar-refractivity contribution is 6.46. The highest BCUT2D eigenvalue weighted by Crippen LogP contribution is 2.40. The summed E-state index contributed by atoms with van der Waals surface area (Å²) < 4.78 is 11.3. The maximum atomic E-state index is 13.2. The summed E-state index contributed by atoms with van der Waals surface area (Å²) in [5.41, 5.74) is 3.40. The Balaban J connectivity index is 1.66. The van der Waals surface area contributed by atoms with Gasteiger partial charge in [0.25, 0.3) is 11.7 Å². The molecule has 1 amide bonds. The summed E-state index contributed by atoms with van der Waals surface area (Å²) in [4.78, 5) is 29.7. The molecule has 1 aliphatic heterocycles. The van der Waals surface area contributed by atoms with Crippen LogP contribution in [-0.2, 0) is 16.2 Å². The van der Waals surface area contributed by atoms with E-state index >= 15 is 0 Å². The number of aryl methyl sites for hydroxylation is 1. The molecule has 1 saturated heterocycles. The summed E-state index contributed by atoms with van der Waals surface area (Å²) >= 11 is 0. The maximum Gasteiger partial charge on any atom is 0.295 e. The Kier molecular flexibility index (Phi) is 7.94. The fraction of sp³-hybridized carbons (Fsp3) is 0.267. The Morgan fingerprint density at radius 2 is 1.70 bits per heavy atom. The molecule has 0 radical (unpaired) electrons. The summed E-state index contributed by atoms with van der Waals surface area (Å²) in [7, 11) is 5.37. The number of nitrogens with zero attached hydrogens (tertiary/aromatic N) is 2. The number of methoxy groups -OCH3 is 1. The van der Waals surface area contributed by atoms with Gasteiger partial charge in [0.15, 0.2) is 0 Å². The second kappa shape index (κ2) is 11.3. The van der Waals surface area contributed by atoms with Crippen molar-refractivity contribution in [2.24, 2.45) is 0 Å². The standard InChI is InChI=1S/C30H32N2O5/c1-20-7-5-8-21(17-20)19-37-24-13-11-22(12-14-24)28(33)26-27(23-9-6-10-25(18-23)36-4)32(16-15-31(2)3)30(35)29(26)34/h5-14,17-18,27,33H,15-16,19H2,1-4H3/b28-26+/t27-/m0/s1. The Hall–Kier alpha value is -4.10. The number of carbonyl (C=O) groups is 2. The van der Waals surface area contributed by atoms with Gasteiger partial charge in [-0.2, -0.15) is 0 Å². The van der Waals surface area contributed by atoms with Gasteiger partial charge in [-0.05, 0) is 68.5 Å². The van der Waals surface area contributed by atoms with Gasteiger partial charge < -0.3 is 24.4 Å². The quantitative estimate of drug-likeness (QED) is 0.264. The third-order valence-electron chi connectivity index (χ3n) is 6.35. The molecular formula is C30H32N2O5. The van der Waals surface area contributed by atoms with E-state index < -0.39 is 17.7 Å². The van der Waals surface area contributed by atoms with Crippen LogP contribution in [0.15, 0.2) is 78.4 Å². The van der Waals surface area contributed by atoms with Gasteiger partial charge in [0.2, 0.25) is 0 Å². The number of ether oxygens (including phenoxy) is 2. The molecule has 1 heterocycles. The predicted molar refractivity (Wildman–Crippen MR) is 143 cm³/mol. The molecule has 0 aromatic heterocycles. The van der Waals surface area contributed by atoms with Crippen molar-refractivity contribution in [3.05, 3.63) is 101 Å². The molecular weight excluding hydrogens is 468 g/mol. The predicted octanol–water partition coefficient (Wildman–Crippen LogP) is 4.57. The number of hydrogen-bond acceptors (Lipinski definition) is 6. The lowest BCUT2D eigenvalue weighted by Crippen LogP contribution is -2.35. The van der Waals surface area contributed by atoms with E-state index in [2.05, 4.69) is 6.07 Å². The lowest BCUT2D eigenvalue weighted by molar-refractivity contribution is -0.140. The van der Waals surface area contributed by atoms with Crippen LogP contribution < -0.4 is 9.47 Å². The number of carbonyl (C=O) groups excluding carboxylic acids is 2. The van der Waals surface area contributed by atoms with Crippen LogP contribution in [0.1, 0.15) is 28.3 Å². The number of aliphatic hydroxyl groups is 1. The van der Waals surface area contributed by atoms with Gasteiger partial charge in [0.1, 0.15) is 23.9 Å². The molecule has 7 nitrogen and oxygen atoms in total. The zero-order valence-electron chi connectivity index (χ0n) is 21.6. The molecule has 3 aromatic carbocycles. The van der Waals surface area contributed by atoms with Gasteiger partial charge in [-0.3, -0.25) is 9.59 Å². The number of likely N-dealkylation sites (tertiary alicyclic amines) is 1. The van der Waals surface area contributed by atoms with Crippen molar-refractivity contribution in [2.45, 2.75) is 19.6 Å². The molecule has 37 heavy (non-hydrogen) atoms. The van der Waals surface area contributed by atoms with Crippen LogP contribution in [0.4, 0.5) is 0 Å². The number of ketones is 1. The van der Waals surface area contributed by atoms with Crippen molar-refractivity contribution < 1.29 is 24.2 Å². The number of Topliss-reactive ketones (excluding diaryl/α,β-unsaturated/α-hetero) is 1. The number of hydrogen-bond donors (Lipinski definition) is 1. The maximum absolute atomic E-state index is 13.2. The molecule has 0 bridgehead atoms. The number of rotatable bonds is 9. The highest BCUT2D eigenvalue weighted by Gasteiger charge is 2.46. The second-order valence-electron chi connectivity index (χ2n) is 9.37. The van der Waals surface area contributed by atoms with Gasteiger partial charge in [0, 0.05) is 18.7 Å². The topological polar surface area (TPSA) is 79.3 Å². The van der Waals surface area contributed by atoms with Crippen molar-refractivity contribution in [2.75, 3.05) is 34.3 Å². The van der Waals surface area contributed by atoms with E-state index in [-0.39, 0.29) is 11.3 Å². The number of aliphatic hydroxyl groups excluding tert-OH is 1. The number of amides is 1. The highest BCUT2D eigenvalue weighted by atomic mass is 16.5. The lowest BCUT2D eigenvalue weighted by Gasteiger charge is -2.26. The first-order valence-corrected chi connectivity index (χ1v) is 12.1. The molecule has 3 aromatic rings. The Bertz CT molecular complexity index is 1310. The number of benzene rings is 3. The van der Waals surface area contributed by atoms with E-state index in [1.165, 1.54) is 4.90 Å². The smallest absolute Gasteiger partial charge is 0.295 e. The van der Waals surface area contributed by atoms with Crippen LogP contribution in [-0.4, -0.2) is 60.9 Å². The monoisotopic (exact) mass is 500 g/mol. The molecule has 0 aliphatic carbocycles. The average molecular weight is 501 g/mol. The molecule has 4 rings (SSSR count). The zero-order chi connectivity index (χ0) is 26.5. The summed E-state index contributed by atoms with van der Waals surface area (Å²) in [6.45, 7) is 3.35. The van der Waals surface area contributed by atoms with Gasteiger partial charge in [0.05, 0.1) is 18.7 Å². The average Bonchev–Trinajstić information content (AvgIpc) is 3.15. The number of likely N-dealkylation sites (N-methyl/N-ethyl adjacent to an activating group) is 1. The molecule has 7 heteroatoms. The molecule has 1 fully saturated rings. The van der Waals surface area contributed by atoms with Gasteiger partial charge >= 0.3 is 0 Å². The minimum atomic E-state index is -0.729. The van der Waals surface area contributed by atoms with E-state index in [4.69, 9.17) is 9.47 Å². The van der Waals surface area contributed by atoms with Crippen molar-refractivity contribution in [1.29, 1.82) is 0 Å². The zero-order valence-corrected chi connectivity index (χ0v) is 21.6. The van der Waals surface area contributed by atoms with Crippen molar-refractivity contribution in [3.8, 4) is 11.5 Å². The first-order chi connectivity index (χ1) is 17.8. The van der Waals surface area contributed by atoms with E-state index in [9.17, 15) is 14.7 Å². The van der Waals surface area contributed by atoms with Gasteiger partial charge in [-0.1, -0.05) is 42.0 Å². The first kappa shape index (κ1) is 26.0. The third kappa shape index (κ3) is 5.84. The molecule has 1 aliphatic rings. The van der Waals surface area contributed by atoms with Crippen LogP contribution in [0.3, 0.4) is 0 Å². The van der Waals surface area contributed by atoms with E-state index in [1.54, 1.807) is 49.6 Å². The van der Waals surface area contributed by atoms with Crippen LogP contribution in [0, 0.1) is 6.92 Å². The Morgan fingerprint density at radius 1 is 0.973 bits per heavy atom. The molecule has 1 N–H and O–H groups in total.